The van der Waals surface area contributed by atoms with E-state index < -0.39 is 52.2 Å². The predicted molar refractivity (Wildman–Crippen MR) is 106 cm³/mol. The van der Waals surface area contributed by atoms with Gasteiger partial charge in [0, 0.05) is 0 Å². The molecule has 0 bridgehead atoms. The lowest BCUT2D eigenvalue weighted by atomic mass is 9.86. The highest BCUT2D eigenvalue weighted by Gasteiger charge is 2.51. The lowest BCUT2D eigenvalue weighted by Gasteiger charge is -2.25. The van der Waals surface area contributed by atoms with E-state index in [-0.39, 0.29) is 11.1 Å². The third-order valence-electron chi connectivity index (χ3n) is 4.23. The summed E-state index contributed by atoms with van der Waals surface area (Å²) in [6.07, 6.45) is 0.515. The van der Waals surface area contributed by atoms with Gasteiger partial charge in [0.1, 0.15) is 0 Å². The molecule has 0 aliphatic carbocycles. The van der Waals surface area contributed by atoms with Crippen molar-refractivity contribution in [1.82, 2.24) is 0 Å². The molecule has 0 saturated heterocycles. The van der Waals surface area contributed by atoms with Gasteiger partial charge in [0.2, 0.25) is 5.60 Å². The Morgan fingerprint density at radius 1 is 0.742 bits per heavy atom. The molecule has 2 rings (SSSR count). The molecule has 10 heteroatoms. The number of aliphatic hydroxyl groups is 2. The van der Waals surface area contributed by atoms with Crippen molar-refractivity contribution in [3.8, 4) is 23.0 Å². The fourth-order valence-electron chi connectivity index (χ4n) is 2.46. The first-order valence-electron chi connectivity index (χ1n) is 8.59. The summed E-state index contributed by atoms with van der Waals surface area (Å²) in [6, 6.07) is 6.90. The molecule has 0 amide bonds. The summed E-state index contributed by atoms with van der Waals surface area (Å²) >= 11 is 0. The lowest BCUT2D eigenvalue weighted by Crippen LogP contribution is -2.57. The first-order chi connectivity index (χ1) is 14.5. The number of phenols is 4. The number of benzene rings is 2. The molecule has 0 fully saturated rings. The highest BCUT2D eigenvalue weighted by Crippen LogP contribution is 2.27. The van der Waals surface area contributed by atoms with Crippen molar-refractivity contribution < 1.29 is 50.1 Å². The third-order valence-corrected chi connectivity index (χ3v) is 4.23. The number of rotatable bonds is 8. The average molecular weight is 430 g/mol. The minimum Gasteiger partial charge on any atom is -0.504 e. The molecule has 2 aromatic carbocycles. The molecule has 0 saturated carbocycles. The van der Waals surface area contributed by atoms with E-state index in [1.165, 1.54) is 12.1 Å². The molecule has 1 unspecified atom stereocenters. The predicted octanol–water partition coefficient (Wildman–Crippen LogP) is 0.550. The van der Waals surface area contributed by atoms with Gasteiger partial charge in [-0.2, -0.15) is 0 Å². The Hall–Kier alpha value is -4.15. The first kappa shape index (κ1) is 23.1. The lowest BCUT2D eigenvalue weighted by molar-refractivity contribution is -0.172. The van der Waals surface area contributed by atoms with Crippen molar-refractivity contribution >= 4 is 29.7 Å². The SMILES string of the molecule is O=C(O)C(O)C(O)(C(=O)/C=C/c1ccc(O)c(O)c1)C(=O)/C=C/c1ccc(O)c(O)c1. The van der Waals surface area contributed by atoms with Crippen molar-refractivity contribution in [2.24, 2.45) is 0 Å². The summed E-state index contributed by atoms with van der Waals surface area (Å²) in [7, 11) is 0. The zero-order valence-electron chi connectivity index (χ0n) is 15.7. The fourth-order valence-corrected chi connectivity index (χ4v) is 2.46. The second-order valence-electron chi connectivity index (χ2n) is 6.40. The number of carbonyl (C=O) groups is 3. The summed E-state index contributed by atoms with van der Waals surface area (Å²) in [4.78, 5) is 36.2. The minimum atomic E-state index is -3.38. The van der Waals surface area contributed by atoms with Gasteiger partial charge in [-0.15, -0.1) is 0 Å². The average Bonchev–Trinajstić information content (AvgIpc) is 2.73. The maximum absolute atomic E-state index is 12.5. The maximum atomic E-state index is 12.5. The second-order valence-corrected chi connectivity index (χ2v) is 6.40. The third kappa shape index (κ3) is 5.07. The van der Waals surface area contributed by atoms with E-state index in [1.807, 2.05) is 0 Å². The number of aromatic hydroxyl groups is 4. The van der Waals surface area contributed by atoms with Crippen LogP contribution in [0.15, 0.2) is 48.6 Å². The van der Waals surface area contributed by atoms with Crippen LogP contribution in [0.5, 0.6) is 23.0 Å². The number of phenolic OH excluding ortho intramolecular Hbond substituents is 4. The van der Waals surface area contributed by atoms with Gasteiger partial charge in [-0.25, -0.2) is 4.79 Å². The number of aliphatic hydroxyl groups excluding tert-OH is 1. The Kier molecular flexibility index (Phi) is 6.80. The summed E-state index contributed by atoms with van der Waals surface area (Å²) in [6.45, 7) is 0. The van der Waals surface area contributed by atoms with Crippen molar-refractivity contribution in [2.75, 3.05) is 0 Å². The molecule has 2 aromatic rings. The zero-order valence-corrected chi connectivity index (χ0v) is 15.7. The molecule has 0 heterocycles. The second kappa shape index (κ2) is 9.11. The van der Waals surface area contributed by atoms with Crippen LogP contribution in [0, 0.1) is 0 Å². The van der Waals surface area contributed by atoms with Gasteiger partial charge in [0.05, 0.1) is 0 Å². The largest absolute Gasteiger partial charge is 0.504 e. The van der Waals surface area contributed by atoms with E-state index in [9.17, 15) is 45.0 Å². The van der Waals surface area contributed by atoms with Crippen LogP contribution in [-0.4, -0.2) is 65.0 Å². The molecular formula is C21H18O10. The normalized spacial score (nSPS) is 12.8. The van der Waals surface area contributed by atoms with Crippen LogP contribution < -0.4 is 0 Å². The van der Waals surface area contributed by atoms with Gasteiger partial charge in [-0.1, -0.05) is 24.3 Å². The highest BCUT2D eigenvalue weighted by molar-refractivity contribution is 6.22. The van der Waals surface area contributed by atoms with Crippen molar-refractivity contribution in [1.29, 1.82) is 0 Å². The van der Waals surface area contributed by atoms with E-state index in [4.69, 9.17) is 5.11 Å². The van der Waals surface area contributed by atoms with Gasteiger partial charge < -0.3 is 35.7 Å². The number of ketones is 2. The number of carboxylic acids is 1. The topological polar surface area (TPSA) is 193 Å². The highest BCUT2D eigenvalue weighted by atomic mass is 16.4. The molecule has 162 valence electrons. The van der Waals surface area contributed by atoms with Gasteiger partial charge in [0.15, 0.2) is 40.7 Å². The molecule has 0 aliphatic rings. The molecule has 7 N–H and O–H groups in total. The monoisotopic (exact) mass is 430 g/mol. The summed E-state index contributed by atoms with van der Waals surface area (Å²) in [5.74, 6) is -6.83. The first-order valence-corrected chi connectivity index (χ1v) is 8.59. The smallest absolute Gasteiger partial charge is 0.336 e. The Morgan fingerprint density at radius 3 is 1.45 bits per heavy atom. The molecule has 31 heavy (non-hydrogen) atoms. The summed E-state index contributed by atoms with van der Waals surface area (Å²) in [5.41, 5.74) is -3.05. The molecular weight excluding hydrogens is 412 g/mol. The summed E-state index contributed by atoms with van der Waals surface area (Å²) < 4.78 is 0. The van der Waals surface area contributed by atoms with Crippen molar-refractivity contribution in [3.05, 3.63) is 59.7 Å². The van der Waals surface area contributed by atoms with Gasteiger partial charge in [-0.05, 0) is 47.5 Å². The quantitative estimate of drug-likeness (QED) is 0.177. The van der Waals surface area contributed by atoms with Crippen LogP contribution in [0.2, 0.25) is 0 Å². The van der Waals surface area contributed by atoms with Gasteiger partial charge in [-0.3, -0.25) is 9.59 Å². The molecule has 0 aliphatic heterocycles. The molecule has 0 radical (unpaired) electrons. The number of aliphatic carboxylic acids is 1. The summed E-state index contributed by atoms with van der Waals surface area (Å²) in [5, 5.41) is 66.9. The van der Waals surface area contributed by atoms with Crippen LogP contribution in [-0.2, 0) is 14.4 Å². The zero-order chi connectivity index (χ0) is 23.3. The van der Waals surface area contributed by atoms with Crippen LogP contribution in [0.1, 0.15) is 11.1 Å². The molecule has 10 nitrogen and oxygen atoms in total. The standard InChI is InChI=1S/C21H18O10/c22-13-5-1-11(9-15(13)24)3-7-17(26)21(31,19(28)20(29)30)18(27)8-4-12-2-6-14(23)16(25)10-12/h1-10,19,22-25,28,31H,(H,29,30)/b7-3+,8-4+. The minimum absolute atomic E-state index is 0.165. The van der Waals surface area contributed by atoms with Gasteiger partial charge in [0.25, 0.3) is 0 Å². The van der Waals surface area contributed by atoms with Crippen LogP contribution in [0.3, 0.4) is 0 Å². The van der Waals surface area contributed by atoms with E-state index in [0.717, 1.165) is 36.4 Å². The molecule has 1 atom stereocenters. The number of hydrogen-bond donors (Lipinski definition) is 7. The van der Waals surface area contributed by atoms with Crippen LogP contribution in [0.25, 0.3) is 12.2 Å². The van der Waals surface area contributed by atoms with Crippen LogP contribution in [0.4, 0.5) is 0 Å². The Morgan fingerprint density at radius 2 is 1.13 bits per heavy atom. The van der Waals surface area contributed by atoms with Crippen LogP contribution >= 0.6 is 0 Å². The Labute approximate surface area is 174 Å². The number of hydrogen-bond acceptors (Lipinski definition) is 9. The Balaban J connectivity index is 2.36. The number of carbonyl (C=O) groups excluding carboxylic acids is 2. The maximum Gasteiger partial charge on any atom is 0.336 e. The fraction of sp³-hybridized carbons (Fsp3) is 0.0952. The van der Waals surface area contributed by atoms with E-state index >= 15 is 0 Å². The molecule has 0 spiro atoms. The van der Waals surface area contributed by atoms with Crippen molar-refractivity contribution in [3.63, 3.8) is 0 Å². The van der Waals surface area contributed by atoms with Crippen molar-refractivity contribution in [2.45, 2.75) is 11.7 Å². The van der Waals surface area contributed by atoms with E-state index in [2.05, 4.69) is 0 Å². The van der Waals surface area contributed by atoms with Gasteiger partial charge >= 0.3 is 5.97 Å². The van der Waals surface area contributed by atoms with E-state index in [0.29, 0.717) is 12.2 Å². The Bertz CT molecular complexity index is 1010. The van der Waals surface area contributed by atoms with E-state index in [1.54, 1.807) is 0 Å². The molecule has 0 aromatic heterocycles. The number of carboxylic acid groups (broad SMARTS) is 1.